The number of alkyl halides is 8. The van der Waals surface area contributed by atoms with Crippen molar-refractivity contribution >= 4 is 0 Å². The molecule has 0 radical (unpaired) electrons. The molecule has 0 saturated carbocycles. The van der Waals surface area contributed by atoms with E-state index in [1.165, 1.54) is 0 Å². The largest absolute Gasteiger partial charge is 0.416 e. The Hall–Kier alpha value is -1.38. The third-order valence-corrected chi connectivity index (χ3v) is 2.28. The van der Waals surface area contributed by atoms with E-state index in [9.17, 15) is 35.1 Å². The van der Waals surface area contributed by atoms with Crippen molar-refractivity contribution in [3.63, 3.8) is 0 Å². The summed E-state index contributed by atoms with van der Waals surface area (Å²) in [7, 11) is 0. The molecule has 0 atom stereocenters. The van der Waals surface area contributed by atoms with E-state index in [-0.39, 0.29) is 11.6 Å². The molecule has 9 heteroatoms. The second-order valence-electron chi connectivity index (χ2n) is 3.94. The Morgan fingerprint density at radius 2 is 1.30 bits per heavy atom. The van der Waals surface area contributed by atoms with Gasteiger partial charge >= 0.3 is 12.4 Å². The van der Waals surface area contributed by atoms with E-state index in [1.54, 1.807) is 0 Å². The van der Waals surface area contributed by atoms with Crippen LogP contribution in [-0.4, -0.2) is 13.0 Å². The Labute approximate surface area is 108 Å². The lowest BCUT2D eigenvalue weighted by Crippen LogP contribution is -2.21. The summed E-state index contributed by atoms with van der Waals surface area (Å²) < 4.78 is 98.6. The van der Waals surface area contributed by atoms with E-state index in [2.05, 4.69) is 5.32 Å². The highest BCUT2D eigenvalue weighted by Crippen LogP contribution is 2.36. The van der Waals surface area contributed by atoms with Crippen LogP contribution in [-0.2, 0) is 18.9 Å². The molecule has 0 spiro atoms. The van der Waals surface area contributed by atoms with E-state index >= 15 is 0 Å². The third-order valence-electron chi connectivity index (χ3n) is 2.28. The molecule has 0 aromatic heterocycles. The number of nitrogens with one attached hydrogen (secondary N) is 1. The van der Waals surface area contributed by atoms with Crippen molar-refractivity contribution < 1.29 is 35.1 Å². The molecule has 1 aromatic rings. The van der Waals surface area contributed by atoms with Gasteiger partial charge < -0.3 is 5.32 Å². The van der Waals surface area contributed by atoms with Gasteiger partial charge in [-0.3, -0.25) is 0 Å². The third kappa shape index (κ3) is 4.95. The highest BCUT2D eigenvalue weighted by atomic mass is 19.4. The maximum atomic E-state index is 12.5. The minimum Gasteiger partial charge on any atom is -0.307 e. The molecule has 114 valence electrons. The quantitative estimate of drug-likeness (QED) is 0.827. The van der Waals surface area contributed by atoms with E-state index in [4.69, 9.17) is 0 Å². The number of halogens is 8. The monoisotopic (exact) mass is 307 g/mol. The summed E-state index contributed by atoms with van der Waals surface area (Å²) in [4.78, 5) is 0. The zero-order valence-corrected chi connectivity index (χ0v) is 9.75. The lowest BCUT2D eigenvalue weighted by Gasteiger charge is -2.14. The molecule has 1 N–H and O–H groups in total. The van der Waals surface area contributed by atoms with Crippen molar-refractivity contribution in [2.45, 2.75) is 25.3 Å². The lowest BCUT2D eigenvalue weighted by atomic mass is 10.0. The second-order valence-corrected chi connectivity index (χ2v) is 3.94. The van der Waals surface area contributed by atoms with Crippen LogP contribution in [0.3, 0.4) is 0 Å². The van der Waals surface area contributed by atoms with Gasteiger partial charge in [-0.1, -0.05) is 0 Å². The Balaban J connectivity index is 3.05. The molecule has 0 saturated heterocycles. The summed E-state index contributed by atoms with van der Waals surface area (Å²) in [5.41, 5.74) is -3.31. The lowest BCUT2D eigenvalue weighted by molar-refractivity contribution is -0.143. The first kappa shape index (κ1) is 16.7. The van der Waals surface area contributed by atoms with Crippen LogP contribution in [0.15, 0.2) is 18.2 Å². The van der Waals surface area contributed by atoms with Gasteiger partial charge in [-0.15, -0.1) is 0 Å². The standard InChI is InChI=1S/C11H9F8N/c12-9(13)5-20-4-6-1-7(10(14,15)16)3-8(2-6)11(17,18)19/h1-3,9,20H,4-5H2. The van der Waals surface area contributed by atoms with Gasteiger partial charge in [0.05, 0.1) is 17.7 Å². The summed E-state index contributed by atoms with van der Waals surface area (Å²) in [5.74, 6) is 0. The van der Waals surface area contributed by atoms with Crippen molar-refractivity contribution in [1.29, 1.82) is 0 Å². The minimum absolute atomic E-state index is 0.0172. The average molecular weight is 307 g/mol. The summed E-state index contributed by atoms with van der Waals surface area (Å²) in [6, 6.07) is 0.970. The van der Waals surface area contributed by atoms with Crippen LogP contribution in [0.2, 0.25) is 0 Å². The summed E-state index contributed by atoms with van der Waals surface area (Å²) in [6.07, 6.45) is -12.6. The maximum absolute atomic E-state index is 12.5. The molecule has 1 rings (SSSR count). The van der Waals surface area contributed by atoms with Crippen LogP contribution < -0.4 is 5.32 Å². The molecule has 1 aromatic carbocycles. The SMILES string of the molecule is FC(F)CNCc1cc(C(F)(F)F)cc(C(F)(F)F)c1. The Kier molecular flexibility index (Phi) is 4.95. The number of hydrogen-bond acceptors (Lipinski definition) is 1. The van der Waals surface area contributed by atoms with Crippen molar-refractivity contribution in [2.75, 3.05) is 6.54 Å². The van der Waals surface area contributed by atoms with Gasteiger partial charge in [0.15, 0.2) is 0 Å². The van der Waals surface area contributed by atoms with Crippen molar-refractivity contribution in [1.82, 2.24) is 5.32 Å². The first-order chi connectivity index (χ1) is 9.00. The van der Waals surface area contributed by atoms with Gasteiger partial charge in [0.25, 0.3) is 6.43 Å². The summed E-state index contributed by atoms with van der Waals surface area (Å²) in [5, 5.41) is 2.07. The van der Waals surface area contributed by atoms with Gasteiger partial charge in [0.2, 0.25) is 0 Å². The molecular weight excluding hydrogens is 298 g/mol. The fraction of sp³-hybridized carbons (Fsp3) is 0.455. The molecule has 0 heterocycles. The molecule has 0 fully saturated rings. The number of hydrogen-bond donors (Lipinski definition) is 1. The Morgan fingerprint density at radius 3 is 1.65 bits per heavy atom. The highest BCUT2D eigenvalue weighted by Gasteiger charge is 2.36. The smallest absolute Gasteiger partial charge is 0.307 e. The van der Waals surface area contributed by atoms with Gasteiger partial charge in [0.1, 0.15) is 0 Å². The maximum Gasteiger partial charge on any atom is 0.416 e. The van der Waals surface area contributed by atoms with E-state index in [0.29, 0.717) is 12.1 Å². The summed E-state index contributed by atoms with van der Waals surface area (Å²) in [6.45, 7) is -1.34. The molecule has 0 aliphatic carbocycles. The highest BCUT2D eigenvalue weighted by molar-refractivity contribution is 5.33. The molecule has 20 heavy (non-hydrogen) atoms. The average Bonchev–Trinajstić information content (AvgIpc) is 2.25. The minimum atomic E-state index is -4.95. The van der Waals surface area contributed by atoms with E-state index in [0.717, 1.165) is 0 Å². The van der Waals surface area contributed by atoms with Crippen LogP contribution in [0, 0.1) is 0 Å². The topological polar surface area (TPSA) is 12.0 Å². The van der Waals surface area contributed by atoms with E-state index in [1.807, 2.05) is 0 Å². The molecule has 0 unspecified atom stereocenters. The number of benzene rings is 1. The predicted molar refractivity (Wildman–Crippen MR) is 54.2 cm³/mol. The molecule has 0 aliphatic rings. The van der Waals surface area contributed by atoms with E-state index < -0.39 is 43.0 Å². The molecule has 0 bridgehead atoms. The Morgan fingerprint density at radius 1 is 0.850 bits per heavy atom. The van der Waals surface area contributed by atoms with Crippen LogP contribution >= 0.6 is 0 Å². The van der Waals surface area contributed by atoms with Gasteiger partial charge in [-0.25, -0.2) is 8.78 Å². The van der Waals surface area contributed by atoms with Crippen molar-refractivity contribution in [3.8, 4) is 0 Å². The van der Waals surface area contributed by atoms with Crippen molar-refractivity contribution in [2.24, 2.45) is 0 Å². The first-order valence-corrected chi connectivity index (χ1v) is 5.27. The fourth-order valence-electron chi connectivity index (χ4n) is 1.45. The molecule has 0 amide bonds. The zero-order valence-electron chi connectivity index (χ0n) is 9.75. The molecule has 0 aliphatic heterocycles. The van der Waals surface area contributed by atoms with Crippen molar-refractivity contribution in [3.05, 3.63) is 34.9 Å². The van der Waals surface area contributed by atoms with Crippen LogP contribution in [0.1, 0.15) is 16.7 Å². The second kappa shape index (κ2) is 5.94. The van der Waals surface area contributed by atoms with Crippen LogP contribution in [0.4, 0.5) is 35.1 Å². The predicted octanol–water partition coefficient (Wildman–Crippen LogP) is 4.08. The normalized spacial score (nSPS) is 13.1. The number of rotatable bonds is 4. The molecule has 1 nitrogen and oxygen atoms in total. The first-order valence-electron chi connectivity index (χ1n) is 5.27. The molecular formula is C11H9F8N. The summed E-state index contributed by atoms with van der Waals surface area (Å²) >= 11 is 0. The van der Waals surface area contributed by atoms with Crippen LogP contribution in [0.5, 0.6) is 0 Å². The van der Waals surface area contributed by atoms with Gasteiger partial charge in [-0.2, -0.15) is 26.3 Å². The van der Waals surface area contributed by atoms with Gasteiger partial charge in [-0.05, 0) is 23.8 Å². The fourth-order valence-corrected chi connectivity index (χ4v) is 1.45. The van der Waals surface area contributed by atoms with Crippen LogP contribution in [0.25, 0.3) is 0 Å². The zero-order chi connectivity index (χ0) is 15.6. The van der Waals surface area contributed by atoms with Gasteiger partial charge in [0, 0.05) is 6.54 Å². The Bertz CT molecular complexity index is 416.